The number of nitrogens with zero attached hydrogens (tertiary/aromatic N) is 1. The Morgan fingerprint density at radius 3 is 2.79 bits per heavy atom. The maximum absolute atomic E-state index is 12.2. The molecule has 3 rings (SSSR count). The molecule has 0 spiro atoms. The van der Waals surface area contributed by atoms with E-state index in [1.807, 2.05) is 38.2 Å². The van der Waals surface area contributed by atoms with Crippen LogP contribution in [0.4, 0.5) is 4.79 Å². The van der Waals surface area contributed by atoms with Gasteiger partial charge in [0.05, 0.1) is 13.2 Å². The predicted octanol–water partition coefficient (Wildman–Crippen LogP) is 3.55. The summed E-state index contributed by atoms with van der Waals surface area (Å²) in [6, 6.07) is 7.80. The summed E-state index contributed by atoms with van der Waals surface area (Å²) < 4.78 is 5.47. The van der Waals surface area contributed by atoms with Crippen molar-refractivity contribution < 1.29 is 9.53 Å². The van der Waals surface area contributed by atoms with Crippen molar-refractivity contribution in [2.75, 3.05) is 13.7 Å². The van der Waals surface area contributed by atoms with Gasteiger partial charge in [-0.2, -0.15) is 0 Å². The summed E-state index contributed by atoms with van der Waals surface area (Å²) in [5.74, 6) is 0.892. The highest BCUT2D eigenvalue weighted by Gasteiger charge is 2.46. The highest BCUT2D eigenvalue weighted by Crippen LogP contribution is 2.50. The van der Waals surface area contributed by atoms with Gasteiger partial charge in [-0.05, 0) is 32.8 Å². The number of aryl methyl sites for hydroxylation is 1. The lowest BCUT2D eigenvalue weighted by Crippen LogP contribution is -2.40. The Labute approximate surface area is 146 Å². The monoisotopic (exact) mass is 345 g/mol. The maximum Gasteiger partial charge on any atom is 0.315 e. The molecule has 1 aliphatic carbocycles. The molecule has 0 saturated heterocycles. The number of ether oxygens (including phenoxy) is 1. The number of para-hydroxylation sites is 1. The summed E-state index contributed by atoms with van der Waals surface area (Å²) in [5, 5.41) is 6.90. The fraction of sp³-hybridized carbons (Fsp3) is 0.444. The van der Waals surface area contributed by atoms with Gasteiger partial charge in [-0.3, -0.25) is 0 Å². The van der Waals surface area contributed by atoms with Gasteiger partial charge in [-0.15, -0.1) is 11.3 Å². The summed E-state index contributed by atoms with van der Waals surface area (Å²) in [6.45, 7) is 4.58. The van der Waals surface area contributed by atoms with Crippen molar-refractivity contribution in [1.29, 1.82) is 0 Å². The largest absolute Gasteiger partial charge is 0.496 e. The topological polar surface area (TPSA) is 63.2 Å². The number of benzene rings is 1. The molecule has 0 bridgehead atoms. The zero-order valence-electron chi connectivity index (χ0n) is 14.3. The predicted molar refractivity (Wildman–Crippen MR) is 95.7 cm³/mol. The fourth-order valence-electron chi connectivity index (χ4n) is 2.91. The minimum Gasteiger partial charge on any atom is -0.496 e. The molecule has 5 nitrogen and oxygen atoms in total. The lowest BCUT2D eigenvalue weighted by Gasteiger charge is -2.20. The lowest BCUT2D eigenvalue weighted by atomic mass is 9.95. The normalized spacial score (nSPS) is 16.3. The van der Waals surface area contributed by atoms with Crippen LogP contribution >= 0.6 is 11.3 Å². The Morgan fingerprint density at radius 2 is 2.17 bits per heavy atom. The van der Waals surface area contributed by atoms with Gasteiger partial charge in [-0.25, -0.2) is 9.78 Å². The van der Waals surface area contributed by atoms with Crippen molar-refractivity contribution in [2.24, 2.45) is 0 Å². The van der Waals surface area contributed by atoms with Crippen LogP contribution < -0.4 is 15.4 Å². The molecule has 2 aromatic rings. The first-order chi connectivity index (χ1) is 11.5. The number of urea groups is 1. The summed E-state index contributed by atoms with van der Waals surface area (Å²) in [6.07, 6.45) is 3.96. The van der Waals surface area contributed by atoms with Crippen LogP contribution in [0, 0.1) is 6.92 Å². The summed E-state index contributed by atoms with van der Waals surface area (Å²) in [4.78, 5) is 17.7. The fourth-order valence-corrected chi connectivity index (χ4v) is 3.68. The first-order valence-electron chi connectivity index (χ1n) is 8.14. The van der Waals surface area contributed by atoms with Gasteiger partial charge in [0, 0.05) is 28.6 Å². The molecule has 0 aliphatic heterocycles. The van der Waals surface area contributed by atoms with Crippen LogP contribution in [-0.4, -0.2) is 24.7 Å². The molecular formula is C18H23N3O2S. The first kappa shape index (κ1) is 16.8. The van der Waals surface area contributed by atoms with Gasteiger partial charge < -0.3 is 15.4 Å². The van der Waals surface area contributed by atoms with Gasteiger partial charge >= 0.3 is 6.03 Å². The van der Waals surface area contributed by atoms with E-state index in [-0.39, 0.29) is 17.5 Å². The van der Waals surface area contributed by atoms with Crippen molar-refractivity contribution in [3.8, 4) is 5.75 Å². The Bertz CT molecular complexity index is 725. The van der Waals surface area contributed by atoms with Crippen LogP contribution in [0.2, 0.25) is 0 Å². The van der Waals surface area contributed by atoms with Gasteiger partial charge in [0.1, 0.15) is 10.8 Å². The van der Waals surface area contributed by atoms with Crippen molar-refractivity contribution in [3.05, 3.63) is 45.9 Å². The van der Waals surface area contributed by atoms with Gasteiger partial charge in [-0.1, -0.05) is 18.2 Å². The highest BCUT2D eigenvalue weighted by atomic mass is 32.1. The minimum atomic E-state index is -0.156. The zero-order chi connectivity index (χ0) is 17.2. The number of methoxy groups -OCH3 is 1. The Balaban J connectivity index is 1.58. The van der Waals surface area contributed by atoms with Crippen molar-refractivity contribution in [3.63, 3.8) is 0 Å². The molecule has 0 unspecified atom stereocenters. The van der Waals surface area contributed by atoms with E-state index < -0.39 is 0 Å². The minimum absolute atomic E-state index is 0.00491. The smallest absolute Gasteiger partial charge is 0.315 e. The molecule has 1 atom stereocenters. The number of nitrogens with one attached hydrogen (secondary N) is 2. The van der Waals surface area contributed by atoms with Crippen molar-refractivity contribution in [1.82, 2.24) is 15.6 Å². The van der Waals surface area contributed by atoms with Crippen LogP contribution in [0.15, 0.2) is 30.5 Å². The quantitative estimate of drug-likeness (QED) is 0.841. The number of carbonyl (C=O) groups excluding carboxylic acids is 1. The average Bonchev–Trinajstić information content (AvgIpc) is 3.26. The Hall–Kier alpha value is -2.08. The van der Waals surface area contributed by atoms with Crippen LogP contribution in [-0.2, 0) is 5.41 Å². The van der Waals surface area contributed by atoms with Crippen LogP contribution in [0.1, 0.15) is 41.3 Å². The van der Waals surface area contributed by atoms with Crippen molar-refractivity contribution >= 4 is 17.4 Å². The van der Waals surface area contributed by atoms with E-state index in [0.29, 0.717) is 6.54 Å². The van der Waals surface area contributed by atoms with Crippen LogP contribution in [0.25, 0.3) is 0 Å². The van der Waals surface area contributed by atoms with E-state index in [1.54, 1.807) is 18.4 Å². The third-order valence-electron chi connectivity index (χ3n) is 4.48. The third kappa shape index (κ3) is 3.53. The van der Waals surface area contributed by atoms with E-state index in [4.69, 9.17) is 4.74 Å². The van der Waals surface area contributed by atoms with Crippen LogP contribution in [0.3, 0.4) is 0 Å². The maximum atomic E-state index is 12.2. The zero-order valence-corrected chi connectivity index (χ0v) is 15.1. The number of hydrogen-bond acceptors (Lipinski definition) is 4. The molecule has 6 heteroatoms. The Morgan fingerprint density at radius 1 is 1.42 bits per heavy atom. The molecule has 1 aromatic carbocycles. The molecule has 1 aromatic heterocycles. The molecule has 2 amide bonds. The summed E-state index contributed by atoms with van der Waals surface area (Å²) >= 11 is 1.61. The molecule has 24 heavy (non-hydrogen) atoms. The van der Waals surface area contributed by atoms with Crippen LogP contribution in [0.5, 0.6) is 5.75 Å². The Kier molecular flexibility index (Phi) is 4.76. The number of amides is 2. The second-order valence-electron chi connectivity index (χ2n) is 6.34. The van der Waals surface area contributed by atoms with Gasteiger partial charge in [0.2, 0.25) is 0 Å². The molecule has 1 aliphatic rings. The van der Waals surface area contributed by atoms with E-state index in [2.05, 4.69) is 21.7 Å². The van der Waals surface area contributed by atoms with Gasteiger partial charge in [0.15, 0.2) is 0 Å². The number of rotatable bonds is 6. The molecule has 128 valence electrons. The molecule has 2 N–H and O–H groups in total. The SMILES string of the molecule is COc1ccccc1C1(CNC(=O)N[C@H](C)c2ncc(C)s2)CC1. The third-order valence-corrected chi connectivity index (χ3v) is 5.57. The molecule has 1 fully saturated rings. The second kappa shape index (κ2) is 6.81. The first-order valence-corrected chi connectivity index (χ1v) is 8.96. The molecule has 0 radical (unpaired) electrons. The molecule has 1 saturated carbocycles. The number of carbonyl (C=O) groups is 1. The number of hydrogen-bond donors (Lipinski definition) is 2. The summed E-state index contributed by atoms with van der Waals surface area (Å²) in [5.41, 5.74) is 1.18. The lowest BCUT2D eigenvalue weighted by molar-refractivity contribution is 0.236. The standard InChI is InChI=1S/C18H23N3O2S/c1-12-10-19-16(24-12)13(2)21-17(22)20-11-18(8-9-18)14-6-4-5-7-15(14)23-3/h4-7,10,13H,8-9,11H2,1-3H3,(H2,20,21,22)/t13-/m1/s1. The number of aromatic nitrogens is 1. The highest BCUT2D eigenvalue weighted by molar-refractivity contribution is 7.11. The van der Waals surface area contributed by atoms with E-state index in [9.17, 15) is 4.79 Å². The van der Waals surface area contributed by atoms with Gasteiger partial charge in [0.25, 0.3) is 0 Å². The van der Waals surface area contributed by atoms with Crippen molar-refractivity contribution in [2.45, 2.75) is 38.1 Å². The van der Waals surface area contributed by atoms with E-state index >= 15 is 0 Å². The number of thiazole rings is 1. The van der Waals surface area contributed by atoms with E-state index in [0.717, 1.165) is 28.5 Å². The van der Waals surface area contributed by atoms with E-state index in [1.165, 1.54) is 5.56 Å². The summed E-state index contributed by atoms with van der Waals surface area (Å²) in [7, 11) is 1.69. The second-order valence-corrected chi connectivity index (χ2v) is 7.60. The average molecular weight is 345 g/mol. The molecular weight excluding hydrogens is 322 g/mol. The molecule has 1 heterocycles.